The van der Waals surface area contributed by atoms with Gasteiger partial charge in [-0.1, -0.05) is 61.4 Å². The first-order valence-corrected chi connectivity index (χ1v) is 13.3. The Labute approximate surface area is 209 Å². The van der Waals surface area contributed by atoms with Gasteiger partial charge in [-0.2, -0.15) is 0 Å². The van der Waals surface area contributed by atoms with Crippen LogP contribution in [0.1, 0.15) is 49.7 Å². The third-order valence-corrected chi connectivity index (χ3v) is 8.70. The molecule has 8 heteroatoms. The van der Waals surface area contributed by atoms with Gasteiger partial charge >= 0.3 is 12.1 Å². The third kappa shape index (κ3) is 4.40. The molecule has 7 nitrogen and oxygen atoms in total. The average Bonchev–Trinajstić information content (AvgIpc) is 3.46. The maximum Gasteiger partial charge on any atom is 0.407 e. The molecule has 0 radical (unpaired) electrons. The molecule has 5 rings (SSSR count). The number of fused-ring (bicyclic) bond motifs is 3. The summed E-state index contributed by atoms with van der Waals surface area (Å²) in [7, 11) is 0. The quantitative estimate of drug-likeness (QED) is 0.637. The number of carboxylic acid groups (broad SMARTS) is 1. The summed E-state index contributed by atoms with van der Waals surface area (Å²) >= 11 is 1.45. The number of rotatable bonds is 5. The number of hydrogen-bond donors (Lipinski definition) is 2. The van der Waals surface area contributed by atoms with E-state index in [1.54, 1.807) is 0 Å². The Morgan fingerprint density at radius 1 is 1.09 bits per heavy atom. The van der Waals surface area contributed by atoms with E-state index < -0.39 is 29.6 Å². The zero-order valence-electron chi connectivity index (χ0n) is 19.7. The molecule has 0 aromatic heterocycles. The molecule has 3 aliphatic rings. The summed E-state index contributed by atoms with van der Waals surface area (Å²) in [5.74, 6) is -0.925. The van der Waals surface area contributed by atoms with Crippen LogP contribution in [0.4, 0.5) is 4.79 Å². The lowest BCUT2D eigenvalue weighted by molar-refractivity contribution is -0.151. The van der Waals surface area contributed by atoms with Crippen molar-refractivity contribution in [2.75, 3.05) is 18.2 Å². The number of benzene rings is 2. The molecule has 2 fully saturated rings. The van der Waals surface area contributed by atoms with Crippen molar-refractivity contribution in [1.82, 2.24) is 10.2 Å². The van der Waals surface area contributed by atoms with Crippen LogP contribution in [0, 0.1) is 5.92 Å². The number of carbonyl (C=O) groups is 3. The van der Waals surface area contributed by atoms with Crippen LogP contribution >= 0.6 is 11.8 Å². The number of ether oxygens (including phenoxy) is 1. The van der Waals surface area contributed by atoms with Gasteiger partial charge in [-0.05, 0) is 42.0 Å². The lowest BCUT2D eigenvalue weighted by Gasteiger charge is -2.42. The fourth-order valence-electron chi connectivity index (χ4n) is 5.81. The van der Waals surface area contributed by atoms with Gasteiger partial charge in [0.15, 0.2) is 0 Å². The highest BCUT2D eigenvalue weighted by atomic mass is 32.2. The minimum atomic E-state index is -0.981. The predicted octanol–water partition coefficient (Wildman–Crippen LogP) is 4.46. The second kappa shape index (κ2) is 9.57. The van der Waals surface area contributed by atoms with Crippen LogP contribution in [0.25, 0.3) is 11.1 Å². The summed E-state index contributed by atoms with van der Waals surface area (Å²) in [6.45, 7) is 2.09. The minimum absolute atomic E-state index is 0.0392. The molecule has 1 aliphatic heterocycles. The molecular formula is C27H30N2O5S. The van der Waals surface area contributed by atoms with Crippen LogP contribution in [-0.4, -0.2) is 57.8 Å². The van der Waals surface area contributed by atoms with E-state index in [0.717, 1.165) is 24.0 Å². The van der Waals surface area contributed by atoms with Gasteiger partial charge in [-0.15, -0.1) is 11.8 Å². The zero-order chi connectivity index (χ0) is 24.6. The van der Waals surface area contributed by atoms with Gasteiger partial charge in [-0.25, -0.2) is 9.59 Å². The largest absolute Gasteiger partial charge is 0.480 e. The molecule has 1 saturated heterocycles. The molecule has 184 valence electrons. The number of amides is 2. The molecule has 0 spiro atoms. The molecule has 2 amide bonds. The predicted molar refractivity (Wildman–Crippen MR) is 134 cm³/mol. The standard InChI is InChI=1S/C27H30N2O5S/c1-27(13-7-6-12-22(27)24(30)29-16-35-15-23(29)25(31)32)28-26(33)34-14-21-19-10-4-2-8-17(19)18-9-3-5-11-20(18)21/h2-5,8-11,21-23H,6-7,12-16H2,1H3,(H,28,33)(H,31,32). The normalized spacial score (nSPS) is 25.6. The number of carbonyl (C=O) groups excluding carboxylic acids is 2. The Hall–Kier alpha value is -3.00. The Morgan fingerprint density at radius 2 is 1.74 bits per heavy atom. The topological polar surface area (TPSA) is 95.9 Å². The van der Waals surface area contributed by atoms with E-state index in [1.165, 1.54) is 27.8 Å². The van der Waals surface area contributed by atoms with E-state index in [2.05, 4.69) is 29.6 Å². The number of carboxylic acids is 1. The fourth-order valence-corrected chi connectivity index (χ4v) is 6.97. The van der Waals surface area contributed by atoms with E-state index in [4.69, 9.17) is 4.74 Å². The summed E-state index contributed by atoms with van der Waals surface area (Å²) in [4.78, 5) is 39.5. The smallest absolute Gasteiger partial charge is 0.407 e. The van der Waals surface area contributed by atoms with Crippen molar-refractivity contribution in [1.29, 1.82) is 0 Å². The lowest BCUT2D eigenvalue weighted by atomic mass is 9.73. The van der Waals surface area contributed by atoms with Crippen LogP contribution in [0.5, 0.6) is 0 Å². The lowest BCUT2D eigenvalue weighted by Crippen LogP contribution is -2.59. The Kier molecular flexibility index (Phi) is 6.49. The molecule has 3 atom stereocenters. The SMILES string of the molecule is CC1(NC(=O)OCC2c3ccccc3-c3ccccc32)CCCCC1C(=O)N1CSCC1C(=O)O. The second-order valence-corrected chi connectivity index (χ2v) is 10.8. The van der Waals surface area contributed by atoms with Crippen molar-refractivity contribution < 1.29 is 24.2 Å². The molecule has 35 heavy (non-hydrogen) atoms. The van der Waals surface area contributed by atoms with E-state index in [-0.39, 0.29) is 18.4 Å². The first-order chi connectivity index (χ1) is 16.9. The van der Waals surface area contributed by atoms with Gasteiger partial charge in [0.05, 0.1) is 17.3 Å². The van der Waals surface area contributed by atoms with Crippen molar-refractivity contribution >= 4 is 29.7 Å². The molecule has 2 aliphatic carbocycles. The van der Waals surface area contributed by atoms with Crippen LogP contribution in [0.3, 0.4) is 0 Å². The van der Waals surface area contributed by atoms with Gasteiger partial charge in [-0.3, -0.25) is 4.79 Å². The Balaban J connectivity index is 1.28. The number of nitrogens with zero attached hydrogens (tertiary/aromatic N) is 1. The Morgan fingerprint density at radius 3 is 2.40 bits per heavy atom. The number of aliphatic carboxylic acids is 1. The van der Waals surface area contributed by atoms with E-state index >= 15 is 0 Å². The molecule has 0 bridgehead atoms. The summed E-state index contributed by atoms with van der Waals surface area (Å²) in [6.07, 6.45) is 2.48. The summed E-state index contributed by atoms with van der Waals surface area (Å²) < 4.78 is 5.75. The molecule has 2 N–H and O–H groups in total. The molecule has 1 saturated carbocycles. The number of alkyl carbamates (subject to hydrolysis) is 1. The van der Waals surface area contributed by atoms with Crippen molar-refractivity contribution in [2.45, 2.75) is 50.1 Å². The van der Waals surface area contributed by atoms with Crippen LogP contribution in [0.15, 0.2) is 48.5 Å². The highest BCUT2D eigenvalue weighted by Crippen LogP contribution is 2.44. The van der Waals surface area contributed by atoms with Gasteiger partial charge < -0.3 is 20.1 Å². The molecule has 2 aromatic rings. The number of thioether (sulfide) groups is 1. The summed E-state index contributed by atoms with van der Waals surface area (Å²) in [5.41, 5.74) is 3.83. The number of nitrogens with one attached hydrogen (secondary N) is 1. The average molecular weight is 495 g/mol. The highest BCUT2D eigenvalue weighted by Gasteiger charge is 2.47. The maximum atomic E-state index is 13.4. The maximum absolute atomic E-state index is 13.4. The van der Waals surface area contributed by atoms with Gasteiger partial charge in [0.25, 0.3) is 0 Å². The van der Waals surface area contributed by atoms with Gasteiger partial charge in [0.1, 0.15) is 12.6 Å². The minimum Gasteiger partial charge on any atom is -0.480 e. The van der Waals surface area contributed by atoms with Crippen molar-refractivity contribution in [3.8, 4) is 11.1 Å². The molecular weight excluding hydrogens is 464 g/mol. The van der Waals surface area contributed by atoms with E-state index in [1.807, 2.05) is 31.2 Å². The zero-order valence-corrected chi connectivity index (χ0v) is 20.6. The van der Waals surface area contributed by atoms with E-state index in [9.17, 15) is 19.5 Å². The summed E-state index contributed by atoms with van der Waals surface area (Å²) in [6, 6.07) is 15.5. The fraction of sp³-hybridized carbons (Fsp3) is 0.444. The summed E-state index contributed by atoms with van der Waals surface area (Å²) in [5, 5.41) is 12.5. The van der Waals surface area contributed by atoms with Crippen LogP contribution in [-0.2, 0) is 14.3 Å². The van der Waals surface area contributed by atoms with Crippen molar-refractivity contribution in [3.63, 3.8) is 0 Å². The number of hydrogen-bond acceptors (Lipinski definition) is 5. The van der Waals surface area contributed by atoms with Crippen LogP contribution in [0.2, 0.25) is 0 Å². The second-order valence-electron chi connectivity index (χ2n) is 9.83. The van der Waals surface area contributed by atoms with E-state index in [0.29, 0.717) is 24.5 Å². The Bertz CT molecular complexity index is 1110. The molecule has 2 aromatic carbocycles. The monoisotopic (exact) mass is 494 g/mol. The van der Waals surface area contributed by atoms with Crippen LogP contribution < -0.4 is 5.32 Å². The molecule has 3 unspecified atom stereocenters. The first kappa shape index (κ1) is 23.7. The van der Waals surface area contributed by atoms with Crippen molar-refractivity contribution in [2.24, 2.45) is 5.92 Å². The third-order valence-electron chi connectivity index (χ3n) is 7.69. The molecule has 1 heterocycles. The van der Waals surface area contributed by atoms with Gasteiger partial charge in [0.2, 0.25) is 5.91 Å². The van der Waals surface area contributed by atoms with Gasteiger partial charge in [0, 0.05) is 11.7 Å². The first-order valence-electron chi connectivity index (χ1n) is 12.1. The highest BCUT2D eigenvalue weighted by molar-refractivity contribution is 7.99. The van der Waals surface area contributed by atoms with Crippen molar-refractivity contribution in [3.05, 3.63) is 59.7 Å².